The molecule has 2 rings (SSSR count). The van der Waals surface area contributed by atoms with Crippen LogP contribution in [0.5, 0.6) is 0 Å². The Hall–Kier alpha value is -0.340. The molecule has 0 amide bonds. The first-order valence-electron chi connectivity index (χ1n) is 8.23. The fourth-order valence-electron chi connectivity index (χ4n) is 3.49. The molecule has 0 saturated heterocycles. The molecule has 1 nitrogen and oxygen atoms in total. The summed E-state index contributed by atoms with van der Waals surface area (Å²) in [6, 6.07) is 9.39. The fraction of sp³-hybridized carbons (Fsp3) is 0.667. The van der Waals surface area contributed by atoms with Gasteiger partial charge in [-0.2, -0.15) is 0 Å². The molecule has 0 aliphatic heterocycles. The van der Waals surface area contributed by atoms with Gasteiger partial charge in [-0.15, -0.1) is 0 Å². The van der Waals surface area contributed by atoms with Crippen molar-refractivity contribution in [2.24, 2.45) is 11.8 Å². The van der Waals surface area contributed by atoms with Gasteiger partial charge in [-0.05, 0) is 55.3 Å². The molecular formula is C18H28BrN. The summed E-state index contributed by atoms with van der Waals surface area (Å²) in [6.45, 7) is 5.70. The second-order valence-electron chi connectivity index (χ2n) is 6.18. The maximum atomic E-state index is 3.79. The molecule has 0 heterocycles. The molecule has 1 aliphatic carbocycles. The number of hydrogen-bond donors (Lipinski definition) is 1. The predicted octanol–water partition coefficient (Wildman–Crippen LogP) is 5.71. The highest BCUT2D eigenvalue weighted by atomic mass is 79.9. The summed E-state index contributed by atoms with van der Waals surface area (Å²) in [7, 11) is 0. The molecule has 1 aliphatic rings. The molecule has 0 radical (unpaired) electrons. The van der Waals surface area contributed by atoms with Gasteiger partial charge >= 0.3 is 0 Å². The number of halogens is 1. The Morgan fingerprint density at radius 3 is 2.55 bits per heavy atom. The third-order valence-electron chi connectivity index (χ3n) is 4.76. The zero-order valence-corrected chi connectivity index (χ0v) is 14.5. The molecule has 1 saturated carbocycles. The van der Waals surface area contributed by atoms with E-state index in [0.717, 1.165) is 18.4 Å². The summed E-state index contributed by atoms with van der Waals surface area (Å²) in [5.41, 5.74) is 1.45. The summed E-state index contributed by atoms with van der Waals surface area (Å²) in [4.78, 5) is 0. The van der Waals surface area contributed by atoms with Crippen LogP contribution in [0.3, 0.4) is 0 Å². The molecule has 1 N–H and O–H groups in total. The van der Waals surface area contributed by atoms with Gasteiger partial charge in [-0.3, -0.25) is 0 Å². The lowest BCUT2D eigenvalue weighted by atomic mass is 9.76. The first kappa shape index (κ1) is 16.0. The zero-order valence-electron chi connectivity index (χ0n) is 12.9. The molecule has 1 unspecified atom stereocenters. The Balaban J connectivity index is 2.07. The van der Waals surface area contributed by atoms with E-state index in [2.05, 4.69) is 59.4 Å². The lowest BCUT2D eigenvalue weighted by Gasteiger charge is -2.34. The first-order chi connectivity index (χ1) is 9.74. The Kier molecular flexibility index (Phi) is 6.57. The van der Waals surface area contributed by atoms with Crippen molar-refractivity contribution in [2.45, 2.75) is 58.4 Å². The fourth-order valence-corrected chi connectivity index (χ4v) is 3.90. The Bertz CT molecular complexity index is 396. The third kappa shape index (κ3) is 4.33. The Labute approximate surface area is 132 Å². The highest BCUT2D eigenvalue weighted by molar-refractivity contribution is 9.10. The topological polar surface area (TPSA) is 12.0 Å². The van der Waals surface area contributed by atoms with Gasteiger partial charge in [0.25, 0.3) is 0 Å². The third-order valence-corrected chi connectivity index (χ3v) is 5.26. The van der Waals surface area contributed by atoms with Crippen molar-refractivity contribution in [1.29, 1.82) is 0 Å². The average Bonchev–Trinajstić information content (AvgIpc) is 2.48. The van der Waals surface area contributed by atoms with Crippen molar-refractivity contribution in [3.63, 3.8) is 0 Å². The minimum Gasteiger partial charge on any atom is -0.310 e. The smallest absolute Gasteiger partial charge is 0.0349 e. The van der Waals surface area contributed by atoms with Crippen LogP contribution in [0.15, 0.2) is 28.7 Å². The number of nitrogens with one attached hydrogen (secondary N) is 1. The van der Waals surface area contributed by atoms with E-state index in [1.54, 1.807) is 0 Å². The molecule has 1 fully saturated rings. The molecule has 0 bridgehead atoms. The van der Waals surface area contributed by atoms with E-state index in [0.29, 0.717) is 6.04 Å². The molecule has 112 valence electrons. The summed E-state index contributed by atoms with van der Waals surface area (Å²) in [6.07, 6.45) is 8.16. The van der Waals surface area contributed by atoms with Gasteiger partial charge in [0.2, 0.25) is 0 Å². The van der Waals surface area contributed by atoms with Crippen molar-refractivity contribution in [1.82, 2.24) is 5.32 Å². The second-order valence-corrected chi connectivity index (χ2v) is 7.09. The summed E-state index contributed by atoms with van der Waals surface area (Å²) in [5.74, 6) is 1.78. The van der Waals surface area contributed by atoms with Gasteiger partial charge in [-0.1, -0.05) is 61.2 Å². The van der Waals surface area contributed by atoms with Crippen molar-refractivity contribution in [3.8, 4) is 0 Å². The van der Waals surface area contributed by atoms with E-state index in [1.165, 1.54) is 48.6 Å². The number of hydrogen-bond acceptors (Lipinski definition) is 1. The maximum Gasteiger partial charge on any atom is 0.0349 e. The van der Waals surface area contributed by atoms with E-state index < -0.39 is 0 Å². The molecule has 1 aromatic rings. The summed E-state index contributed by atoms with van der Waals surface area (Å²) < 4.78 is 1.19. The van der Waals surface area contributed by atoms with E-state index in [4.69, 9.17) is 0 Å². The van der Waals surface area contributed by atoms with Gasteiger partial charge in [-0.25, -0.2) is 0 Å². The van der Waals surface area contributed by atoms with Crippen LogP contribution in [-0.2, 0) is 0 Å². The summed E-state index contributed by atoms with van der Waals surface area (Å²) >= 11 is 3.62. The molecule has 20 heavy (non-hydrogen) atoms. The van der Waals surface area contributed by atoms with Crippen molar-refractivity contribution in [3.05, 3.63) is 34.3 Å². The van der Waals surface area contributed by atoms with Crippen LogP contribution in [-0.4, -0.2) is 6.54 Å². The largest absolute Gasteiger partial charge is 0.310 e. The van der Waals surface area contributed by atoms with E-state index in [9.17, 15) is 0 Å². The lowest BCUT2D eigenvalue weighted by molar-refractivity contribution is 0.219. The minimum absolute atomic E-state index is 0.533. The molecule has 1 atom stereocenters. The second kappa shape index (κ2) is 8.19. The van der Waals surface area contributed by atoms with Crippen molar-refractivity contribution in [2.75, 3.05) is 6.54 Å². The van der Waals surface area contributed by atoms with Crippen LogP contribution in [0.2, 0.25) is 0 Å². The quantitative estimate of drug-likeness (QED) is 0.701. The van der Waals surface area contributed by atoms with Gasteiger partial charge in [0.05, 0.1) is 0 Å². The van der Waals surface area contributed by atoms with Crippen LogP contribution in [0.25, 0.3) is 0 Å². The molecule has 0 aromatic heterocycles. The zero-order chi connectivity index (χ0) is 14.4. The normalized spacial score (nSPS) is 24.6. The number of rotatable bonds is 6. The van der Waals surface area contributed by atoms with Gasteiger partial charge in [0, 0.05) is 10.5 Å². The SMILES string of the molecule is CCCNC(c1cccc(Br)c1)C1CCC(CC)CC1. The standard InChI is InChI=1S/C18H28BrN/c1-3-12-20-18(16-6-5-7-17(19)13-16)15-10-8-14(4-2)9-11-15/h5-7,13-15,18,20H,3-4,8-12H2,1-2H3. The minimum atomic E-state index is 0.533. The van der Waals surface area contributed by atoms with Crippen LogP contribution in [0, 0.1) is 11.8 Å². The van der Waals surface area contributed by atoms with Gasteiger partial charge in [0.1, 0.15) is 0 Å². The van der Waals surface area contributed by atoms with Crippen LogP contribution >= 0.6 is 15.9 Å². The average molecular weight is 338 g/mol. The first-order valence-corrected chi connectivity index (χ1v) is 9.02. The predicted molar refractivity (Wildman–Crippen MR) is 90.9 cm³/mol. The molecule has 0 spiro atoms. The Morgan fingerprint density at radius 2 is 1.95 bits per heavy atom. The van der Waals surface area contributed by atoms with Crippen molar-refractivity contribution >= 4 is 15.9 Å². The van der Waals surface area contributed by atoms with E-state index >= 15 is 0 Å². The molecule has 2 heteroatoms. The van der Waals surface area contributed by atoms with E-state index in [-0.39, 0.29) is 0 Å². The van der Waals surface area contributed by atoms with Gasteiger partial charge < -0.3 is 5.32 Å². The Morgan fingerprint density at radius 1 is 1.20 bits per heavy atom. The van der Waals surface area contributed by atoms with Crippen LogP contribution in [0.4, 0.5) is 0 Å². The monoisotopic (exact) mass is 337 g/mol. The maximum absolute atomic E-state index is 3.79. The van der Waals surface area contributed by atoms with Crippen molar-refractivity contribution < 1.29 is 0 Å². The van der Waals surface area contributed by atoms with Gasteiger partial charge in [0.15, 0.2) is 0 Å². The molecule has 1 aromatic carbocycles. The highest BCUT2D eigenvalue weighted by Gasteiger charge is 2.27. The van der Waals surface area contributed by atoms with Crippen LogP contribution in [0.1, 0.15) is 64.0 Å². The lowest BCUT2D eigenvalue weighted by Crippen LogP contribution is -2.31. The molecular weight excluding hydrogens is 310 g/mol. The highest BCUT2D eigenvalue weighted by Crippen LogP contribution is 2.38. The van der Waals surface area contributed by atoms with E-state index in [1.807, 2.05) is 0 Å². The van der Waals surface area contributed by atoms with Crippen LogP contribution < -0.4 is 5.32 Å². The number of benzene rings is 1. The summed E-state index contributed by atoms with van der Waals surface area (Å²) in [5, 5.41) is 3.79.